The number of nitrogens with one attached hydrogen (secondary N) is 2. The van der Waals surface area contributed by atoms with Gasteiger partial charge < -0.3 is 10.2 Å². The van der Waals surface area contributed by atoms with Crippen LogP contribution in [0.5, 0.6) is 0 Å². The molecule has 0 radical (unpaired) electrons. The molecule has 0 spiro atoms. The summed E-state index contributed by atoms with van der Waals surface area (Å²) in [5.74, 6) is 1.70. The highest BCUT2D eigenvalue weighted by molar-refractivity contribution is 5.90. The van der Waals surface area contributed by atoms with Crippen LogP contribution in [0.1, 0.15) is 37.8 Å². The van der Waals surface area contributed by atoms with Gasteiger partial charge >= 0.3 is 0 Å². The summed E-state index contributed by atoms with van der Waals surface area (Å²) in [6.45, 7) is 12.2. The standard InChI is InChI=1S/C18H28N2O/c1-13-9-14(2)12-20(11-13)8-7-18(21)19-17-6-5-15(3)16(4)10-17/h5-6,10,13-14H,7-9,11-12H2,1-4H3,(H,19,21)/p+1. The molecule has 3 nitrogen and oxygen atoms in total. The molecule has 1 aromatic rings. The molecule has 2 atom stereocenters. The smallest absolute Gasteiger partial charge is 0.230 e. The molecule has 2 N–H and O–H groups in total. The fourth-order valence-corrected chi connectivity index (χ4v) is 3.46. The van der Waals surface area contributed by atoms with Crippen molar-refractivity contribution in [2.75, 3.05) is 25.0 Å². The number of aryl methyl sites for hydroxylation is 2. The zero-order valence-corrected chi connectivity index (χ0v) is 13.8. The van der Waals surface area contributed by atoms with E-state index in [0.717, 1.165) is 24.1 Å². The molecule has 1 saturated heterocycles. The number of carbonyl (C=O) groups is 1. The summed E-state index contributed by atoms with van der Waals surface area (Å²) in [5.41, 5.74) is 3.39. The quantitative estimate of drug-likeness (QED) is 0.875. The number of rotatable bonds is 4. The van der Waals surface area contributed by atoms with Gasteiger partial charge in [0.25, 0.3) is 0 Å². The maximum Gasteiger partial charge on any atom is 0.230 e. The van der Waals surface area contributed by atoms with Crippen molar-refractivity contribution in [1.29, 1.82) is 0 Å². The van der Waals surface area contributed by atoms with Crippen molar-refractivity contribution in [3.05, 3.63) is 29.3 Å². The molecule has 2 rings (SSSR count). The van der Waals surface area contributed by atoms with Crippen molar-refractivity contribution in [1.82, 2.24) is 0 Å². The Labute approximate surface area is 128 Å². The first-order valence-electron chi connectivity index (χ1n) is 8.14. The molecule has 0 saturated carbocycles. The minimum absolute atomic E-state index is 0.136. The Balaban J connectivity index is 1.80. The van der Waals surface area contributed by atoms with Crippen molar-refractivity contribution in [3.8, 4) is 0 Å². The minimum atomic E-state index is 0.136. The third kappa shape index (κ3) is 4.85. The molecule has 1 heterocycles. The SMILES string of the molecule is Cc1ccc(NC(=O)CC[NH+]2CC(C)CC(C)C2)cc1C. The van der Waals surface area contributed by atoms with E-state index in [9.17, 15) is 4.79 Å². The average molecular weight is 289 g/mol. The Morgan fingerprint density at radius 2 is 1.86 bits per heavy atom. The summed E-state index contributed by atoms with van der Waals surface area (Å²) in [6.07, 6.45) is 1.94. The Morgan fingerprint density at radius 3 is 2.48 bits per heavy atom. The number of piperidine rings is 1. The molecule has 1 amide bonds. The van der Waals surface area contributed by atoms with Gasteiger partial charge in [-0.3, -0.25) is 4.79 Å². The third-order valence-corrected chi connectivity index (χ3v) is 4.58. The van der Waals surface area contributed by atoms with Crippen molar-refractivity contribution in [3.63, 3.8) is 0 Å². The number of anilines is 1. The summed E-state index contributed by atoms with van der Waals surface area (Å²) in [6, 6.07) is 6.09. The van der Waals surface area contributed by atoms with Gasteiger partial charge in [0.2, 0.25) is 5.91 Å². The van der Waals surface area contributed by atoms with E-state index in [-0.39, 0.29) is 5.91 Å². The van der Waals surface area contributed by atoms with Crippen LogP contribution in [-0.2, 0) is 4.79 Å². The Hall–Kier alpha value is -1.35. The molecule has 1 aliphatic rings. The molecule has 21 heavy (non-hydrogen) atoms. The number of benzene rings is 1. The summed E-state index contributed by atoms with van der Waals surface area (Å²) >= 11 is 0. The first-order chi connectivity index (χ1) is 9.94. The van der Waals surface area contributed by atoms with Gasteiger partial charge in [-0.25, -0.2) is 0 Å². The molecule has 1 aliphatic heterocycles. The van der Waals surface area contributed by atoms with Crippen molar-refractivity contribution in [2.24, 2.45) is 11.8 Å². The van der Waals surface area contributed by atoms with Gasteiger partial charge in [-0.1, -0.05) is 19.9 Å². The predicted molar refractivity (Wildman–Crippen MR) is 87.7 cm³/mol. The molecule has 0 bridgehead atoms. The van der Waals surface area contributed by atoms with Crippen molar-refractivity contribution < 1.29 is 9.69 Å². The predicted octanol–water partition coefficient (Wildman–Crippen LogP) is 2.19. The third-order valence-electron chi connectivity index (χ3n) is 4.58. The highest BCUT2D eigenvalue weighted by Gasteiger charge is 2.25. The number of hydrogen-bond acceptors (Lipinski definition) is 1. The number of carbonyl (C=O) groups excluding carboxylic acids is 1. The lowest BCUT2D eigenvalue weighted by atomic mass is 9.92. The van der Waals surface area contributed by atoms with Gasteiger partial charge in [-0.2, -0.15) is 0 Å². The Bertz CT molecular complexity index is 488. The first-order valence-corrected chi connectivity index (χ1v) is 8.14. The highest BCUT2D eigenvalue weighted by Crippen LogP contribution is 2.14. The van der Waals surface area contributed by atoms with E-state index in [1.807, 2.05) is 12.1 Å². The first kappa shape index (κ1) is 16.0. The fraction of sp³-hybridized carbons (Fsp3) is 0.611. The minimum Gasteiger partial charge on any atom is -0.334 e. The molecular formula is C18H29N2O+. The van der Waals surface area contributed by atoms with Gasteiger partial charge in [-0.15, -0.1) is 0 Å². The van der Waals surface area contributed by atoms with Crippen LogP contribution in [0.3, 0.4) is 0 Å². The van der Waals surface area contributed by atoms with Crippen LogP contribution in [0.15, 0.2) is 18.2 Å². The molecule has 3 heteroatoms. The molecule has 1 aromatic carbocycles. The van der Waals surface area contributed by atoms with Crippen LogP contribution in [0.2, 0.25) is 0 Å². The summed E-state index contributed by atoms with van der Waals surface area (Å²) in [4.78, 5) is 13.7. The Kier molecular flexibility index (Phi) is 5.40. The number of quaternary nitrogens is 1. The number of hydrogen-bond donors (Lipinski definition) is 2. The second kappa shape index (κ2) is 7.08. The fourth-order valence-electron chi connectivity index (χ4n) is 3.46. The van der Waals surface area contributed by atoms with Crippen molar-refractivity contribution in [2.45, 2.75) is 40.5 Å². The second-order valence-corrected chi connectivity index (χ2v) is 6.95. The maximum atomic E-state index is 12.1. The van der Waals surface area contributed by atoms with Crippen LogP contribution >= 0.6 is 0 Å². The van der Waals surface area contributed by atoms with E-state index in [2.05, 4.69) is 39.1 Å². The van der Waals surface area contributed by atoms with Crippen molar-refractivity contribution >= 4 is 11.6 Å². The van der Waals surface area contributed by atoms with Crippen LogP contribution < -0.4 is 10.2 Å². The van der Waals surface area contributed by atoms with Gasteiger partial charge in [0.05, 0.1) is 26.1 Å². The van der Waals surface area contributed by atoms with E-state index < -0.39 is 0 Å². The number of likely N-dealkylation sites (tertiary alicyclic amines) is 1. The Morgan fingerprint density at radius 1 is 1.19 bits per heavy atom. The van der Waals surface area contributed by atoms with E-state index in [4.69, 9.17) is 0 Å². The van der Waals surface area contributed by atoms with Gasteiger partial charge in [0.15, 0.2) is 0 Å². The highest BCUT2D eigenvalue weighted by atomic mass is 16.1. The average Bonchev–Trinajstić information content (AvgIpc) is 2.40. The van der Waals surface area contributed by atoms with E-state index >= 15 is 0 Å². The summed E-state index contributed by atoms with van der Waals surface area (Å²) in [7, 11) is 0. The number of amides is 1. The van der Waals surface area contributed by atoms with Crippen LogP contribution in [0.4, 0.5) is 5.69 Å². The van der Waals surface area contributed by atoms with Gasteiger partial charge in [0.1, 0.15) is 0 Å². The molecule has 0 aliphatic carbocycles. The van der Waals surface area contributed by atoms with Crippen LogP contribution in [0, 0.1) is 25.7 Å². The molecule has 116 valence electrons. The zero-order chi connectivity index (χ0) is 15.4. The van der Waals surface area contributed by atoms with E-state index in [1.54, 1.807) is 4.90 Å². The van der Waals surface area contributed by atoms with Gasteiger partial charge in [0, 0.05) is 17.5 Å². The monoisotopic (exact) mass is 289 g/mol. The normalized spacial score (nSPS) is 25.6. The maximum absolute atomic E-state index is 12.1. The molecule has 2 unspecified atom stereocenters. The van der Waals surface area contributed by atoms with E-state index in [0.29, 0.717) is 6.42 Å². The summed E-state index contributed by atoms with van der Waals surface area (Å²) in [5, 5.41) is 3.02. The largest absolute Gasteiger partial charge is 0.334 e. The summed E-state index contributed by atoms with van der Waals surface area (Å²) < 4.78 is 0. The lowest BCUT2D eigenvalue weighted by molar-refractivity contribution is -0.911. The topological polar surface area (TPSA) is 33.5 Å². The zero-order valence-electron chi connectivity index (χ0n) is 13.8. The molecular weight excluding hydrogens is 260 g/mol. The lowest BCUT2D eigenvalue weighted by Gasteiger charge is -2.31. The van der Waals surface area contributed by atoms with E-state index in [1.165, 1.54) is 30.6 Å². The second-order valence-electron chi connectivity index (χ2n) is 6.95. The lowest BCUT2D eigenvalue weighted by Crippen LogP contribution is -3.14. The van der Waals surface area contributed by atoms with Crippen LogP contribution in [0.25, 0.3) is 0 Å². The van der Waals surface area contributed by atoms with Crippen LogP contribution in [-0.4, -0.2) is 25.5 Å². The molecule has 0 aromatic heterocycles. The molecule has 1 fully saturated rings. The van der Waals surface area contributed by atoms with Gasteiger partial charge in [-0.05, 0) is 43.5 Å².